The lowest BCUT2D eigenvalue weighted by molar-refractivity contribution is 0.816. The molecule has 0 unspecified atom stereocenters. The molecule has 1 rings (SSSR count). The summed E-state index contributed by atoms with van der Waals surface area (Å²) in [6.07, 6.45) is 6.59. The van der Waals surface area contributed by atoms with Crippen LogP contribution in [0.1, 0.15) is 0 Å². The van der Waals surface area contributed by atoms with E-state index in [1.165, 1.54) is 6.20 Å². The van der Waals surface area contributed by atoms with Crippen LogP contribution < -0.4 is 5.49 Å². The van der Waals surface area contributed by atoms with Crippen LogP contribution in [0, 0.1) is 11.5 Å². The summed E-state index contributed by atoms with van der Waals surface area (Å²) in [6, 6.07) is 0. The van der Waals surface area contributed by atoms with E-state index in [9.17, 15) is 0 Å². The minimum absolute atomic E-state index is 0.560. The van der Waals surface area contributed by atoms with Gasteiger partial charge in [-0.2, -0.15) is 10.3 Å². The summed E-state index contributed by atoms with van der Waals surface area (Å²) in [6.45, 7) is 0. The molecular formula is C6H6N4. The predicted molar refractivity (Wildman–Crippen MR) is 34.4 cm³/mol. The van der Waals surface area contributed by atoms with Gasteiger partial charge in [0.2, 0.25) is 6.19 Å². The highest BCUT2D eigenvalue weighted by molar-refractivity contribution is 4.81. The molecule has 0 radical (unpaired) electrons. The second-order valence-corrected chi connectivity index (χ2v) is 1.76. The monoisotopic (exact) mass is 134 g/mol. The van der Waals surface area contributed by atoms with E-state index in [2.05, 4.69) is 9.98 Å². The van der Waals surface area contributed by atoms with Crippen LogP contribution in [0.3, 0.4) is 0 Å². The highest BCUT2D eigenvalue weighted by atomic mass is 15.0. The third-order valence-electron chi connectivity index (χ3n) is 1.09. The summed E-state index contributed by atoms with van der Waals surface area (Å²) < 4.78 is 1.72. The van der Waals surface area contributed by atoms with Gasteiger partial charge in [-0.3, -0.25) is 4.98 Å². The zero-order chi connectivity index (χ0) is 7.40. The van der Waals surface area contributed by atoms with Gasteiger partial charge in [0.15, 0.2) is 5.49 Å². The predicted octanol–water partition coefficient (Wildman–Crippen LogP) is -0.198. The van der Waals surface area contributed by atoms with Crippen LogP contribution in [0.2, 0.25) is 0 Å². The molecule has 0 spiro atoms. The quantitative estimate of drug-likeness (QED) is 0.461. The number of nitriles is 1. The first-order chi connectivity index (χ1) is 4.84. The summed E-state index contributed by atoms with van der Waals surface area (Å²) >= 11 is 0. The van der Waals surface area contributed by atoms with Crippen molar-refractivity contribution in [3.63, 3.8) is 0 Å². The fraction of sp³-hybridized carbons (Fsp3) is 0.167. The minimum atomic E-state index is 0.560. The highest BCUT2D eigenvalue weighted by Gasteiger charge is 1.81. The summed E-state index contributed by atoms with van der Waals surface area (Å²) in [5.74, 6) is 0. The molecule has 0 atom stereocenters. The topological polar surface area (TPSA) is 54.0 Å². The van der Waals surface area contributed by atoms with Crippen LogP contribution in [-0.2, 0) is 7.05 Å². The Morgan fingerprint density at radius 3 is 3.20 bits per heavy atom. The Labute approximate surface area is 58.1 Å². The van der Waals surface area contributed by atoms with E-state index < -0.39 is 0 Å². The molecule has 0 saturated carbocycles. The normalized spacial score (nSPS) is 11.0. The zero-order valence-electron chi connectivity index (χ0n) is 5.52. The van der Waals surface area contributed by atoms with Crippen molar-refractivity contribution in [2.75, 3.05) is 0 Å². The average molecular weight is 134 g/mol. The molecule has 10 heavy (non-hydrogen) atoms. The third-order valence-corrected chi connectivity index (χ3v) is 1.09. The number of rotatable bonds is 0. The van der Waals surface area contributed by atoms with Gasteiger partial charge in [-0.1, -0.05) is 0 Å². The Morgan fingerprint density at radius 2 is 2.60 bits per heavy atom. The zero-order valence-corrected chi connectivity index (χ0v) is 5.52. The smallest absolute Gasteiger partial charge is 0.207 e. The van der Waals surface area contributed by atoms with Crippen molar-refractivity contribution in [2.45, 2.75) is 0 Å². The second-order valence-electron chi connectivity index (χ2n) is 1.76. The third kappa shape index (κ3) is 1.20. The number of aryl methyl sites for hydroxylation is 1. The lowest BCUT2D eigenvalue weighted by atomic mass is 10.7. The molecule has 4 heteroatoms. The fourth-order valence-corrected chi connectivity index (χ4v) is 0.575. The maximum atomic E-state index is 8.19. The largest absolute Gasteiger partial charge is 0.333 e. The molecule has 0 bridgehead atoms. The number of aromatic nitrogens is 2. The Kier molecular flexibility index (Phi) is 1.80. The molecular weight excluding hydrogens is 128 g/mol. The van der Waals surface area contributed by atoms with Gasteiger partial charge < -0.3 is 4.57 Å². The maximum Gasteiger partial charge on any atom is 0.207 e. The molecule has 0 saturated heterocycles. The van der Waals surface area contributed by atoms with Gasteiger partial charge >= 0.3 is 0 Å². The standard InChI is InChI=1S/C6H6N4/c1-10-3-2-8-4-6(10)9-5-7/h2-4H,1H3. The summed E-state index contributed by atoms with van der Waals surface area (Å²) in [5.41, 5.74) is 0.560. The average Bonchev–Trinajstić information content (AvgIpc) is 1.94. The van der Waals surface area contributed by atoms with Crippen LogP contribution in [0.15, 0.2) is 23.6 Å². The van der Waals surface area contributed by atoms with E-state index in [-0.39, 0.29) is 0 Å². The van der Waals surface area contributed by atoms with E-state index in [0.29, 0.717) is 5.49 Å². The molecule has 0 aliphatic heterocycles. The molecule has 1 heterocycles. The first kappa shape index (κ1) is 6.49. The summed E-state index contributed by atoms with van der Waals surface area (Å²) in [4.78, 5) is 7.31. The molecule has 4 nitrogen and oxygen atoms in total. The van der Waals surface area contributed by atoms with Crippen LogP contribution in [0.4, 0.5) is 0 Å². The van der Waals surface area contributed by atoms with Crippen molar-refractivity contribution in [1.82, 2.24) is 9.55 Å². The SMILES string of the molecule is Cn1ccncc1=NC#N. The summed E-state index contributed by atoms with van der Waals surface area (Å²) in [7, 11) is 1.80. The lowest BCUT2D eigenvalue weighted by Gasteiger charge is -1.92. The molecule has 0 aliphatic rings. The van der Waals surface area contributed by atoms with Crippen LogP contribution >= 0.6 is 0 Å². The van der Waals surface area contributed by atoms with Crippen molar-refractivity contribution in [3.05, 3.63) is 24.1 Å². The van der Waals surface area contributed by atoms with Crippen molar-refractivity contribution in [1.29, 1.82) is 5.26 Å². The Hall–Kier alpha value is -1.63. The first-order valence-electron chi connectivity index (χ1n) is 2.74. The van der Waals surface area contributed by atoms with Gasteiger partial charge in [0.1, 0.15) is 0 Å². The Balaban J connectivity index is 3.32. The van der Waals surface area contributed by atoms with Gasteiger partial charge in [0.05, 0.1) is 6.20 Å². The van der Waals surface area contributed by atoms with Crippen LogP contribution in [0.5, 0.6) is 0 Å². The molecule has 0 N–H and O–H groups in total. The van der Waals surface area contributed by atoms with Crippen LogP contribution in [0.25, 0.3) is 0 Å². The van der Waals surface area contributed by atoms with Crippen molar-refractivity contribution in [3.8, 4) is 6.19 Å². The molecule has 0 fully saturated rings. The molecule has 1 aromatic heterocycles. The van der Waals surface area contributed by atoms with E-state index in [0.717, 1.165) is 0 Å². The van der Waals surface area contributed by atoms with Gasteiger partial charge in [-0.05, 0) is 0 Å². The molecule has 0 amide bonds. The molecule has 50 valence electrons. The molecule has 1 aromatic rings. The van der Waals surface area contributed by atoms with E-state index in [4.69, 9.17) is 5.26 Å². The van der Waals surface area contributed by atoms with E-state index >= 15 is 0 Å². The van der Waals surface area contributed by atoms with Crippen LogP contribution in [-0.4, -0.2) is 9.55 Å². The lowest BCUT2D eigenvalue weighted by Crippen LogP contribution is -2.16. The molecule has 0 aromatic carbocycles. The fourth-order valence-electron chi connectivity index (χ4n) is 0.575. The van der Waals surface area contributed by atoms with E-state index in [1.807, 2.05) is 0 Å². The Bertz CT molecular complexity index is 317. The van der Waals surface area contributed by atoms with Crippen molar-refractivity contribution >= 4 is 0 Å². The number of nitrogens with zero attached hydrogens (tertiary/aromatic N) is 4. The minimum Gasteiger partial charge on any atom is -0.333 e. The van der Waals surface area contributed by atoms with Crippen molar-refractivity contribution in [2.24, 2.45) is 12.0 Å². The maximum absolute atomic E-state index is 8.19. The van der Waals surface area contributed by atoms with Gasteiger partial charge in [0, 0.05) is 19.4 Å². The second kappa shape index (κ2) is 2.78. The van der Waals surface area contributed by atoms with Crippen molar-refractivity contribution < 1.29 is 0 Å². The number of hydrogen-bond donors (Lipinski definition) is 0. The molecule has 0 aliphatic carbocycles. The highest BCUT2D eigenvalue weighted by Crippen LogP contribution is 1.69. The van der Waals surface area contributed by atoms with Gasteiger partial charge in [0.25, 0.3) is 0 Å². The summed E-state index contributed by atoms with van der Waals surface area (Å²) in [5, 5.41) is 8.19. The van der Waals surface area contributed by atoms with Gasteiger partial charge in [-0.15, -0.1) is 0 Å². The van der Waals surface area contributed by atoms with E-state index in [1.54, 1.807) is 30.2 Å². The Morgan fingerprint density at radius 1 is 1.80 bits per heavy atom. The number of hydrogen-bond acceptors (Lipinski definition) is 3. The van der Waals surface area contributed by atoms with Gasteiger partial charge in [-0.25, -0.2) is 0 Å². The first-order valence-corrected chi connectivity index (χ1v) is 2.74.